The molecule has 36 heavy (non-hydrogen) atoms. The van der Waals surface area contributed by atoms with E-state index < -0.39 is 11.7 Å². The van der Waals surface area contributed by atoms with Crippen molar-refractivity contribution in [3.8, 4) is 12.3 Å². The summed E-state index contributed by atoms with van der Waals surface area (Å²) < 4.78 is 6.02. The number of piperazine rings is 1. The lowest BCUT2D eigenvalue weighted by atomic mass is 9.85. The van der Waals surface area contributed by atoms with E-state index in [4.69, 9.17) is 11.2 Å². The van der Waals surface area contributed by atoms with E-state index in [0.29, 0.717) is 30.8 Å². The summed E-state index contributed by atoms with van der Waals surface area (Å²) in [5.74, 6) is 2.41. The number of aliphatic hydroxyl groups is 1. The Morgan fingerprint density at radius 2 is 1.53 bits per heavy atom. The van der Waals surface area contributed by atoms with Crippen LogP contribution in [0.2, 0.25) is 0 Å². The number of aliphatic hydroxyl groups excluding tert-OH is 1. The van der Waals surface area contributed by atoms with E-state index in [-0.39, 0.29) is 18.4 Å². The van der Waals surface area contributed by atoms with Gasteiger partial charge in [-0.25, -0.2) is 0 Å². The molecule has 2 aromatic carbocycles. The Bertz CT molecular complexity index is 1110. The molecule has 7 nitrogen and oxygen atoms in total. The van der Waals surface area contributed by atoms with Gasteiger partial charge in [-0.15, -0.1) is 6.42 Å². The Morgan fingerprint density at radius 1 is 0.917 bits per heavy atom. The predicted molar refractivity (Wildman–Crippen MR) is 139 cm³/mol. The standard InChI is InChI=1S/C29H35N3O4/c1-2-29(12-4-3-5-13-29)36-21-23(33)20-31-16-14-30(15-17-31)18-19-32-27(34)24-10-6-8-22-9-7-11-25(26(22)24)28(32)35/h1,6-11,23,33H,3-5,12-21H2/t23-/m0/s1. The lowest BCUT2D eigenvalue weighted by Crippen LogP contribution is -2.52. The van der Waals surface area contributed by atoms with Gasteiger partial charge in [0, 0.05) is 62.3 Å². The summed E-state index contributed by atoms with van der Waals surface area (Å²) in [6, 6.07) is 11.2. The Morgan fingerprint density at radius 3 is 2.14 bits per heavy atom. The number of amides is 2. The molecule has 5 rings (SSSR count). The van der Waals surface area contributed by atoms with Crippen LogP contribution in [0.15, 0.2) is 36.4 Å². The van der Waals surface area contributed by atoms with E-state index in [1.165, 1.54) is 11.3 Å². The smallest absolute Gasteiger partial charge is 0.261 e. The molecule has 2 heterocycles. The molecule has 2 aromatic rings. The van der Waals surface area contributed by atoms with Crippen LogP contribution in [0.3, 0.4) is 0 Å². The van der Waals surface area contributed by atoms with Crippen molar-refractivity contribution in [1.82, 2.24) is 14.7 Å². The molecule has 2 fully saturated rings. The number of β-amino-alcohol motifs (C(OH)–C–C–N with tert-alkyl or cyclic N) is 1. The van der Waals surface area contributed by atoms with Gasteiger partial charge in [-0.3, -0.25) is 24.3 Å². The number of ether oxygens (including phenoxy) is 1. The number of hydrogen-bond acceptors (Lipinski definition) is 6. The van der Waals surface area contributed by atoms with Crippen LogP contribution in [-0.4, -0.2) is 95.7 Å². The van der Waals surface area contributed by atoms with E-state index in [2.05, 4.69) is 15.7 Å². The Hall–Kier alpha value is -2.76. The van der Waals surface area contributed by atoms with Crippen LogP contribution in [0.25, 0.3) is 10.8 Å². The number of carbonyl (C=O) groups excluding carboxylic acids is 2. The topological polar surface area (TPSA) is 73.3 Å². The fraction of sp³-hybridized carbons (Fsp3) is 0.517. The van der Waals surface area contributed by atoms with Crippen LogP contribution >= 0.6 is 0 Å². The largest absolute Gasteiger partial charge is 0.389 e. The molecular formula is C29H35N3O4. The lowest BCUT2D eigenvalue weighted by Gasteiger charge is -2.37. The molecule has 2 amide bonds. The second-order valence-electron chi connectivity index (χ2n) is 10.3. The van der Waals surface area contributed by atoms with Crippen LogP contribution in [0.1, 0.15) is 52.8 Å². The molecule has 0 radical (unpaired) electrons. The van der Waals surface area contributed by atoms with Gasteiger partial charge in [0.05, 0.1) is 12.7 Å². The quantitative estimate of drug-likeness (QED) is 0.454. The first-order chi connectivity index (χ1) is 17.5. The molecule has 3 aliphatic rings. The van der Waals surface area contributed by atoms with Crippen LogP contribution < -0.4 is 0 Å². The summed E-state index contributed by atoms with van der Waals surface area (Å²) in [7, 11) is 0. The maximum atomic E-state index is 13.1. The van der Waals surface area contributed by atoms with E-state index in [1.807, 2.05) is 24.3 Å². The first-order valence-corrected chi connectivity index (χ1v) is 13.1. The maximum Gasteiger partial charge on any atom is 0.261 e. The highest BCUT2D eigenvalue weighted by molar-refractivity contribution is 6.25. The first kappa shape index (κ1) is 24.9. The van der Waals surface area contributed by atoms with Gasteiger partial charge >= 0.3 is 0 Å². The summed E-state index contributed by atoms with van der Waals surface area (Å²) in [6.07, 6.45) is 10.3. The van der Waals surface area contributed by atoms with Crippen molar-refractivity contribution in [3.63, 3.8) is 0 Å². The lowest BCUT2D eigenvalue weighted by molar-refractivity contribution is -0.0715. The summed E-state index contributed by atoms with van der Waals surface area (Å²) in [4.78, 5) is 32.1. The van der Waals surface area contributed by atoms with Gasteiger partial charge in [-0.2, -0.15) is 0 Å². The molecule has 7 heteroatoms. The minimum atomic E-state index is -0.574. The summed E-state index contributed by atoms with van der Waals surface area (Å²) in [5.41, 5.74) is 0.694. The van der Waals surface area contributed by atoms with Crippen molar-refractivity contribution in [1.29, 1.82) is 0 Å². The molecule has 0 spiro atoms. The molecule has 1 atom stereocenters. The summed E-state index contributed by atoms with van der Waals surface area (Å²) in [6.45, 7) is 5.11. The SMILES string of the molecule is C#CC1(OC[C@@H](O)CN2CCN(CCN3C(=O)c4cccc5cccc(c45)C3=O)CC2)CCCCC1. The second kappa shape index (κ2) is 10.7. The predicted octanol–water partition coefficient (Wildman–Crippen LogP) is 2.77. The van der Waals surface area contributed by atoms with E-state index in [1.54, 1.807) is 12.1 Å². The van der Waals surface area contributed by atoms with Gasteiger partial charge < -0.3 is 9.84 Å². The summed E-state index contributed by atoms with van der Waals surface area (Å²) >= 11 is 0. The van der Waals surface area contributed by atoms with E-state index in [0.717, 1.165) is 62.6 Å². The van der Waals surface area contributed by atoms with Crippen molar-refractivity contribution in [2.24, 2.45) is 0 Å². The maximum absolute atomic E-state index is 13.1. The molecule has 1 N–H and O–H groups in total. The number of rotatable bonds is 8. The Balaban J connectivity index is 1.09. The molecule has 2 aliphatic heterocycles. The minimum absolute atomic E-state index is 0.214. The summed E-state index contributed by atoms with van der Waals surface area (Å²) in [5, 5.41) is 12.2. The van der Waals surface area contributed by atoms with Gasteiger partial charge in [0.1, 0.15) is 5.60 Å². The van der Waals surface area contributed by atoms with Crippen LogP contribution in [-0.2, 0) is 4.74 Å². The normalized spacial score (nSPS) is 21.5. The van der Waals surface area contributed by atoms with Crippen molar-refractivity contribution >= 4 is 22.6 Å². The third-order valence-electron chi connectivity index (χ3n) is 7.91. The van der Waals surface area contributed by atoms with Crippen LogP contribution in [0, 0.1) is 12.3 Å². The number of imide groups is 1. The van der Waals surface area contributed by atoms with Crippen molar-refractivity contribution in [2.45, 2.75) is 43.8 Å². The molecule has 1 saturated heterocycles. The fourth-order valence-corrected chi connectivity index (χ4v) is 5.78. The zero-order valence-corrected chi connectivity index (χ0v) is 20.8. The van der Waals surface area contributed by atoms with Crippen molar-refractivity contribution in [2.75, 3.05) is 52.4 Å². The van der Waals surface area contributed by atoms with Crippen LogP contribution in [0.5, 0.6) is 0 Å². The van der Waals surface area contributed by atoms with E-state index in [9.17, 15) is 14.7 Å². The first-order valence-electron chi connectivity index (χ1n) is 13.1. The molecule has 0 aromatic heterocycles. The van der Waals surface area contributed by atoms with Gasteiger partial charge in [-0.05, 0) is 43.2 Å². The molecule has 1 saturated carbocycles. The minimum Gasteiger partial charge on any atom is -0.389 e. The molecule has 0 unspecified atom stereocenters. The number of nitrogens with zero attached hydrogens (tertiary/aromatic N) is 3. The average Bonchev–Trinajstić information content (AvgIpc) is 2.92. The van der Waals surface area contributed by atoms with E-state index >= 15 is 0 Å². The highest BCUT2D eigenvalue weighted by Gasteiger charge is 2.34. The number of hydrogen-bond donors (Lipinski definition) is 1. The Kier molecular flexibility index (Phi) is 7.40. The molecule has 0 bridgehead atoms. The third kappa shape index (κ3) is 5.05. The average molecular weight is 490 g/mol. The zero-order valence-electron chi connectivity index (χ0n) is 20.8. The molecule has 1 aliphatic carbocycles. The number of benzene rings is 2. The highest BCUT2D eigenvalue weighted by Crippen LogP contribution is 2.31. The van der Waals surface area contributed by atoms with Crippen molar-refractivity contribution < 1.29 is 19.4 Å². The van der Waals surface area contributed by atoms with Gasteiger partial charge in [0.15, 0.2) is 0 Å². The Labute approximate surface area is 213 Å². The molecular weight excluding hydrogens is 454 g/mol. The van der Waals surface area contributed by atoms with Gasteiger partial charge in [0.25, 0.3) is 11.8 Å². The fourth-order valence-electron chi connectivity index (χ4n) is 5.78. The second-order valence-corrected chi connectivity index (χ2v) is 10.3. The molecule has 190 valence electrons. The van der Waals surface area contributed by atoms with Crippen molar-refractivity contribution in [3.05, 3.63) is 47.5 Å². The monoisotopic (exact) mass is 489 g/mol. The third-order valence-corrected chi connectivity index (χ3v) is 7.91. The van der Waals surface area contributed by atoms with Gasteiger partial charge in [0.2, 0.25) is 0 Å². The number of carbonyl (C=O) groups is 2. The van der Waals surface area contributed by atoms with Crippen LogP contribution in [0.4, 0.5) is 0 Å². The number of terminal acetylenes is 1. The zero-order chi connectivity index (χ0) is 25.1. The highest BCUT2D eigenvalue weighted by atomic mass is 16.5. The van der Waals surface area contributed by atoms with Gasteiger partial charge in [-0.1, -0.05) is 36.6 Å².